The van der Waals surface area contributed by atoms with Gasteiger partial charge in [0.15, 0.2) is 0 Å². The van der Waals surface area contributed by atoms with Crippen LogP contribution in [0.4, 0.5) is 5.82 Å². The molecule has 3 aromatic rings. The summed E-state index contributed by atoms with van der Waals surface area (Å²) in [6, 6.07) is 10.0. The lowest BCUT2D eigenvalue weighted by Gasteiger charge is -2.21. The number of nitrogens with one attached hydrogen (secondary N) is 1. The lowest BCUT2D eigenvalue weighted by atomic mass is 9.99. The average molecular weight is 423 g/mol. The van der Waals surface area contributed by atoms with Gasteiger partial charge in [0.2, 0.25) is 0 Å². The molecule has 0 aliphatic heterocycles. The first-order valence-corrected chi connectivity index (χ1v) is 10.9. The molecule has 7 nitrogen and oxygen atoms in total. The molecule has 30 heavy (non-hydrogen) atoms. The normalized spacial score (nSPS) is 14.4. The number of rotatable bonds is 7. The van der Waals surface area contributed by atoms with E-state index in [-0.39, 0.29) is 11.9 Å². The van der Waals surface area contributed by atoms with Crippen LogP contribution in [0, 0.1) is 13.8 Å². The Hall–Kier alpha value is -2.87. The van der Waals surface area contributed by atoms with Gasteiger partial charge in [-0.05, 0) is 43.8 Å². The zero-order valence-corrected chi connectivity index (χ0v) is 18.5. The number of aromatic nitrogens is 4. The molecule has 0 bridgehead atoms. The molecule has 0 saturated heterocycles. The maximum Gasteiger partial charge on any atom is 0.265 e. The first kappa shape index (κ1) is 20.4. The fraction of sp³-hybridized carbons (Fsp3) is 0.409. The zero-order valence-electron chi connectivity index (χ0n) is 17.7. The second-order valence-corrected chi connectivity index (χ2v) is 8.83. The van der Waals surface area contributed by atoms with Crippen LogP contribution >= 0.6 is 11.5 Å². The van der Waals surface area contributed by atoms with Crippen LogP contribution in [0.5, 0.6) is 0 Å². The van der Waals surface area contributed by atoms with Crippen LogP contribution in [0.15, 0.2) is 30.3 Å². The van der Waals surface area contributed by atoms with Crippen molar-refractivity contribution in [2.75, 3.05) is 19.0 Å². The van der Waals surface area contributed by atoms with E-state index in [0.717, 1.165) is 52.8 Å². The highest BCUT2D eigenvalue weighted by Crippen LogP contribution is 2.38. The maximum atomic E-state index is 12.9. The Morgan fingerprint density at radius 2 is 2.03 bits per heavy atom. The highest BCUT2D eigenvalue weighted by molar-refractivity contribution is 7.08. The molecule has 1 amide bonds. The Balaban J connectivity index is 1.66. The second kappa shape index (κ2) is 8.47. The Morgan fingerprint density at radius 1 is 1.23 bits per heavy atom. The van der Waals surface area contributed by atoms with Crippen LogP contribution < -0.4 is 10.2 Å². The van der Waals surface area contributed by atoms with Crippen molar-refractivity contribution in [2.24, 2.45) is 0 Å². The zero-order chi connectivity index (χ0) is 21.3. The van der Waals surface area contributed by atoms with Crippen LogP contribution in [-0.2, 0) is 6.42 Å². The summed E-state index contributed by atoms with van der Waals surface area (Å²) < 4.78 is 3.89. The molecule has 0 spiro atoms. The molecule has 1 unspecified atom stereocenters. The molecule has 1 saturated carbocycles. The molecule has 1 fully saturated rings. The number of anilines is 1. The number of carbonyl (C=O) groups excluding carboxylic acids is 1. The summed E-state index contributed by atoms with van der Waals surface area (Å²) in [6.07, 6.45) is 2.88. The topological polar surface area (TPSA) is 83.9 Å². The molecule has 8 heteroatoms. The largest absolute Gasteiger partial charge is 0.363 e. The van der Waals surface area contributed by atoms with Gasteiger partial charge in [-0.1, -0.05) is 34.3 Å². The van der Waals surface area contributed by atoms with Crippen molar-refractivity contribution in [3.05, 3.63) is 63.5 Å². The summed E-state index contributed by atoms with van der Waals surface area (Å²) in [5.74, 6) is 2.12. The quantitative estimate of drug-likeness (QED) is 0.626. The van der Waals surface area contributed by atoms with Crippen molar-refractivity contribution < 1.29 is 4.79 Å². The molecule has 1 N–H and O–H groups in total. The van der Waals surface area contributed by atoms with Gasteiger partial charge in [0.05, 0.1) is 11.7 Å². The van der Waals surface area contributed by atoms with E-state index in [4.69, 9.17) is 9.97 Å². The standard InChI is InChI=1S/C22H26N6OS/c1-13-6-5-7-16(10-13)18(24-22(29)20-14(2)26-27-30-20)11-17-12-19(28(3)4)25-21(23-17)15-8-9-15/h5-7,10,12,15,18H,8-9,11H2,1-4H3,(H,24,29). The van der Waals surface area contributed by atoms with E-state index in [2.05, 4.69) is 34.0 Å². The van der Waals surface area contributed by atoms with Crippen molar-refractivity contribution in [3.8, 4) is 0 Å². The van der Waals surface area contributed by atoms with E-state index in [0.29, 0.717) is 22.9 Å². The van der Waals surface area contributed by atoms with E-state index in [9.17, 15) is 4.79 Å². The van der Waals surface area contributed by atoms with E-state index in [1.165, 1.54) is 0 Å². The minimum absolute atomic E-state index is 0.154. The molecule has 2 heterocycles. The van der Waals surface area contributed by atoms with Crippen LogP contribution in [0.1, 0.15) is 62.8 Å². The third kappa shape index (κ3) is 4.64. The van der Waals surface area contributed by atoms with Crippen molar-refractivity contribution in [3.63, 3.8) is 0 Å². The summed E-state index contributed by atoms with van der Waals surface area (Å²) in [6.45, 7) is 3.86. The van der Waals surface area contributed by atoms with Gasteiger partial charge in [0.25, 0.3) is 5.91 Å². The Kier molecular flexibility index (Phi) is 5.76. The Bertz CT molecular complexity index is 1040. The van der Waals surface area contributed by atoms with Crippen molar-refractivity contribution >= 4 is 23.3 Å². The monoisotopic (exact) mass is 422 g/mol. The molecule has 1 aromatic carbocycles. The molecule has 2 aromatic heterocycles. The predicted octanol–water partition coefficient (Wildman–Crippen LogP) is 3.60. The summed E-state index contributed by atoms with van der Waals surface area (Å²) in [4.78, 5) is 25.0. The van der Waals surface area contributed by atoms with Gasteiger partial charge < -0.3 is 10.2 Å². The van der Waals surface area contributed by atoms with Crippen molar-refractivity contribution in [1.82, 2.24) is 24.9 Å². The Morgan fingerprint density at radius 3 is 2.67 bits per heavy atom. The summed E-state index contributed by atoms with van der Waals surface area (Å²) in [5.41, 5.74) is 3.78. The third-order valence-corrected chi connectivity index (χ3v) is 6.03. The van der Waals surface area contributed by atoms with Gasteiger partial charge in [-0.15, -0.1) is 5.10 Å². The van der Waals surface area contributed by atoms with Gasteiger partial charge >= 0.3 is 0 Å². The van der Waals surface area contributed by atoms with Gasteiger partial charge in [-0.3, -0.25) is 4.79 Å². The molecule has 156 valence electrons. The lowest BCUT2D eigenvalue weighted by molar-refractivity contribution is 0.0939. The van der Waals surface area contributed by atoms with E-state index in [1.54, 1.807) is 6.92 Å². The number of aryl methyl sites for hydroxylation is 2. The molecule has 1 aliphatic carbocycles. The summed E-state index contributed by atoms with van der Waals surface area (Å²) in [5, 5.41) is 7.15. The molecule has 0 radical (unpaired) electrons. The smallest absolute Gasteiger partial charge is 0.265 e. The van der Waals surface area contributed by atoms with Gasteiger partial charge in [0, 0.05) is 38.2 Å². The van der Waals surface area contributed by atoms with Crippen LogP contribution in [0.25, 0.3) is 0 Å². The number of hydrogen-bond acceptors (Lipinski definition) is 7. The first-order valence-electron chi connectivity index (χ1n) is 10.1. The SMILES string of the molecule is Cc1cccc(C(Cc2cc(N(C)C)nc(C3CC3)n2)NC(=O)c2snnc2C)c1. The van der Waals surface area contributed by atoms with E-state index < -0.39 is 0 Å². The first-order chi connectivity index (χ1) is 14.4. The van der Waals surface area contributed by atoms with Crippen LogP contribution in [0.3, 0.4) is 0 Å². The summed E-state index contributed by atoms with van der Waals surface area (Å²) >= 11 is 1.12. The average Bonchev–Trinajstić information content (AvgIpc) is 3.48. The second-order valence-electron chi connectivity index (χ2n) is 8.08. The number of amides is 1. The van der Waals surface area contributed by atoms with Gasteiger partial charge in [0.1, 0.15) is 16.5 Å². The van der Waals surface area contributed by atoms with Crippen LogP contribution in [0.2, 0.25) is 0 Å². The fourth-order valence-corrected chi connectivity index (χ4v) is 3.93. The molecular weight excluding hydrogens is 396 g/mol. The summed E-state index contributed by atoms with van der Waals surface area (Å²) in [7, 11) is 3.98. The Labute approximate surface area is 180 Å². The maximum absolute atomic E-state index is 12.9. The van der Waals surface area contributed by atoms with Gasteiger partial charge in [-0.25, -0.2) is 9.97 Å². The number of nitrogens with zero attached hydrogens (tertiary/aromatic N) is 5. The molecule has 4 rings (SSSR count). The molecule has 1 aliphatic rings. The third-order valence-electron chi connectivity index (χ3n) is 5.20. The number of benzene rings is 1. The minimum Gasteiger partial charge on any atom is -0.363 e. The van der Waals surface area contributed by atoms with Crippen molar-refractivity contribution in [1.29, 1.82) is 0 Å². The molecular formula is C22H26N6OS. The van der Waals surface area contributed by atoms with E-state index >= 15 is 0 Å². The molecule has 1 atom stereocenters. The predicted molar refractivity (Wildman–Crippen MR) is 118 cm³/mol. The fourth-order valence-electron chi connectivity index (χ4n) is 3.37. The number of carbonyl (C=O) groups is 1. The van der Waals surface area contributed by atoms with Gasteiger partial charge in [-0.2, -0.15) is 0 Å². The minimum atomic E-state index is -0.212. The van der Waals surface area contributed by atoms with Crippen LogP contribution in [-0.4, -0.2) is 39.6 Å². The lowest BCUT2D eigenvalue weighted by Crippen LogP contribution is -2.30. The highest BCUT2D eigenvalue weighted by atomic mass is 32.1. The van der Waals surface area contributed by atoms with E-state index in [1.807, 2.05) is 37.2 Å². The number of hydrogen-bond donors (Lipinski definition) is 1. The van der Waals surface area contributed by atoms with Crippen molar-refractivity contribution in [2.45, 2.75) is 45.1 Å². The highest BCUT2D eigenvalue weighted by Gasteiger charge is 2.28.